The average molecular weight is 437 g/mol. The zero-order valence-electron chi connectivity index (χ0n) is 18.4. The van der Waals surface area contributed by atoms with Crippen molar-refractivity contribution in [2.45, 2.75) is 58.9 Å². The van der Waals surface area contributed by atoms with Crippen LogP contribution in [0.2, 0.25) is 0 Å². The summed E-state index contributed by atoms with van der Waals surface area (Å²) in [5.74, 6) is 0.746. The molecule has 1 aliphatic carbocycles. The number of carbonyl (C=O) groups is 1. The first kappa shape index (κ1) is 21.4. The van der Waals surface area contributed by atoms with Crippen LogP contribution < -0.4 is 11.0 Å². The molecule has 2 unspecified atom stereocenters. The van der Waals surface area contributed by atoms with Crippen molar-refractivity contribution in [3.05, 3.63) is 62.5 Å². The van der Waals surface area contributed by atoms with E-state index < -0.39 is 6.04 Å². The number of fused-ring (bicyclic) bond motifs is 3. The van der Waals surface area contributed by atoms with Crippen LogP contribution in [0.25, 0.3) is 10.2 Å². The van der Waals surface area contributed by atoms with Crippen molar-refractivity contribution in [2.24, 2.45) is 11.0 Å². The molecular formula is C24H28N4O2S. The number of hydrazone groups is 1. The number of nitrogens with one attached hydrogen (secondary N) is 1. The molecule has 3 aromatic rings. The third-order valence-electron chi connectivity index (χ3n) is 6.03. The van der Waals surface area contributed by atoms with Crippen LogP contribution in [0.3, 0.4) is 0 Å². The molecule has 2 atom stereocenters. The van der Waals surface area contributed by atoms with Crippen molar-refractivity contribution in [2.75, 3.05) is 0 Å². The van der Waals surface area contributed by atoms with E-state index in [1.807, 2.05) is 12.1 Å². The molecule has 7 heteroatoms. The van der Waals surface area contributed by atoms with Gasteiger partial charge in [0.15, 0.2) is 0 Å². The highest BCUT2D eigenvalue weighted by Gasteiger charge is 2.25. The molecule has 2 heterocycles. The number of hydrogen-bond donors (Lipinski definition) is 1. The molecule has 31 heavy (non-hydrogen) atoms. The van der Waals surface area contributed by atoms with Crippen LogP contribution in [0.4, 0.5) is 0 Å². The smallest absolute Gasteiger partial charge is 0.263 e. The third-order valence-corrected chi connectivity index (χ3v) is 7.19. The lowest BCUT2D eigenvalue weighted by Crippen LogP contribution is -2.34. The van der Waals surface area contributed by atoms with Gasteiger partial charge in [-0.05, 0) is 54.7 Å². The standard InChI is InChI=1S/C24H28N4O2S/c1-14(2)18-8-6-17(7-9-18)12-26-27-22(29)16(4)28-13-25-23-21(24(28)30)19-10-5-15(3)11-20(19)31-23/h6-9,12-16H,5,10-11H2,1-4H3,(H,27,29)/b26-12-. The highest BCUT2D eigenvalue weighted by atomic mass is 32.1. The minimum Gasteiger partial charge on any atom is -0.286 e. The molecule has 0 bridgehead atoms. The lowest BCUT2D eigenvalue weighted by molar-refractivity contribution is -0.123. The van der Waals surface area contributed by atoms with Gasteiger partial charge in [-0.15, -0.1) is 11.3 Å². The van der Waals surface area contributed by atoms with Crippen molar-refractivity contribution in [1.82, 2.24) is 15.0 Å². The van der Waals surface area contributed by atoms with E-state index in [1.54, 1.807) is 24.5 Å². The summed E-state index contributed by atoms with van der Waals surface area (Å²) in [6, 6.07) is 7.34. The summed E-state index contributed by atoms with van der Waals surface area (Å²) in [4.78, 5) is 32.3. The molecule has 2 aromatic heterocycles. The van der Waals surface area contributed by atoms with Gasteiger partial charge in [0, 0.05) is 4.88 Å². The van der Waals surface area contributed by atoms with Crippen LogP contribution in [0.15, 0.2) is 40.5 Å². The van der Waals surface area contributed by atoms with E-state index in [1.165, 1.54) is 21.3 Å². The number of amides is 1. The SMILES string of the molecule is CC1CCc2c(sc3ncn(C(C)C(=O)N/N=C\c4ccc(C(C)C)cc4)c(=O)c23)C1. The molecule has 0 spiro atoms. The van der Waals surface area contributed by atoms with Crippen molar-refractivity contribution in [3.63, 3.8) is 0 Å². The van der Waals surface area contributed by atoms with E-state index in [2.05, 4.69) is 48.4 Å². The monoisotopic (exact) mass is 436 g/mol. The second kappa shape index (κ2) is 8.75. The summed E-state index contributed by atoms with van der Waals surface area (Å²) in [6.45, 7) is 8.22. The Balaban J connectivity index is 1.51. The lowest BCUT2D eigenvalue weighted by atomic mass is 9.89. The van der Waals surface area contributed by atoms with Crippen molar-refractivity contribution < 1.29 is 4.79 Å². The van der Waals surface area contributed by atoms with E-state index >= 15 is 0 Å². The van der Waals surface area contributed by atoms with Gasteiger partial charge in [0.25, 0.3) is 11.5 Å². The highest BCUT2D eigenvalue weighted by Crippen LogP contribution is 2.35. The van der Waals surface area contributed by atoms with Crippen molar-refractivity contribution in [3.8, 4) is 0 Å². The molecule has 0 fully saturated rings. The molecule has 4 rings (SSSR count). The van der Waals surface area contributed by atoms with Crippen molar-refractivity contribution >= 4 is 33.7 Å². The molecule has 6 nitrogen and oxygen atoms in total. The molecule has 0 aliphatic heterocycles. The first-order valence-corrected chi connectivity index (χ1v) is 11.6. The summed E-state index contributed by atoms with van der Waals surface area (Å²) < 4.78 is 1.41. The number of aromatic nitrogens is 2. The highest BCUT2D eigenvalue weighted by molar-refractivity contribution is 7.18. The quantitative estimate of drug-likeness (QED) is 0.475. The lowest BCUT2D eigenvalue weighted by Gasteiger charge is -2.18. The van der Waals surface area contributed by atoms with Gasteiger partial charge in [0.1, 0.15) is 10.9 Å². The first-order chi connectivity index (χ1) is 14.8. The zero-order chi connectivity index (χ0) is 22.1. The average Bonchev–Trinajstić information content (AvgIpc) is 3.12. The van der Waals surface area contributed by atoms with Gasteiger partial charge in [0.05, 0.1) is 17.9 Å². The Bertz CT molecular complexity index is 1190. The predicted molar refractivity (Wildman–Crippen MR) is 126 cm³/mol. The third kappa shape index (κ3) is 4.32. The van der Waals surface area contributed by atoms with Crippen LogP contribution in [-0.4, -0.2) is 21.7 Å². The van der Waals surface area contributed by atoms with Crippen LogP contribution >= 0.6 is 11.3 Å². The van der Waals surface area contributed by atoms with Crippen LogP contribution in [-0.2, 0) is 17.6 Å². The fourth-order valence-corrected chi connectivity index (χ4v) is 5.32. The molecule has 1 aliphatic rings. The first-order valence-electron chi connectivity index (χ1n) is 10.8. The maximum Gasteiger partial charge on any atom is 0.263 e. The van der Waals surface area contributed by atoms with Gasteiger partial charge < -0.3 is 0 Å². The van der Waals surface area contributed by atoms with E-state index in [0.29, 0.717) is 17.2 Å². The number of rotatable bonds is 5. The number of thiophene rings is 1. The van der Waals surface area contributed by atoms with Gasteiger partial charge in [-0.1, -0.05) is 45.0 Å². The van der Waals surface area contributed by atoms with Crippen LogP contribution in [0.5, 0.6) is 0 Å². The fraction of sp³-hybridized carbons (Fsp3) is 0.417. The van der Waals surface area contributed by atoms with Crippen LogP contribution in [0, 0.1) is 5.92 Å². The summed E-state index contributed by atoms with van der Waals surface area (Å²) in [7, 11) is 0. The number of nitrogens with zero attached hydrogens (tertiary/aromatic N) is 3. The number of carbonyl (C=O) groups excluding carboxylic acids is 1. The number of benzene rings is 1. The molecule has 0 saturated heterocycles. The topological polar surface area (TPSA) is 76.3 Å². The van der Waals surface area contributed by atoms with E-state index in [4.69, 9.17) is 0 Å². The van der Waals surface area contributed by atoms with Crippen LogP contribution in [0.1, 0.15) is 67.6 Å². The minimum atomic E-state index is -0.706. The Kier molecular flexibility index (Phi) is 6.05. The van der Waals surface area contributed by atoms with E-state index in [-0.39, 0.29) is 11.5 Å². The van der Waals surface area contributed by atoms with Gasteiger partial charge in [-0.3, -0.25) is 14.2 Å². The molecule has 1 N–H and O–H groups in total. The summed E-state index contributed by atoms with van der Waals surface area (Å²) >= 11 is 1.61. The Morgan fingerprint density at radius 2 is 2.03 bits per heavy atom. The zero-order valence-corrected chi connectivity index (χ0v) is 19.2. The summed E-state index contributed by atoms with van der Waals surface area (Å²) in [6.07, 6.45) is 6.07. The molecule has 0 radical (unpaired) electrons. The number of aryl methyl sites for hydroxylation is 1. The Hall–Kier alpha value is -2.80. The van der Waals surface area contributed by atoms with Gasteiger partial charge in [-0.2, -0.15) is 5.10 Å². The largest absolute Gasteiger partial charge is 0.286 e. The van der Waals surface area contributed by atoms with Crippen molar-refractivity contribution in [1.29, 1.82) is 0 Å². The van der Waals surface area contributed by atoms with Gasteiger partial charge in [-0.25, -0.2) is 10.4 Å². The normalized spacial score (nSPS) is 17.3. The maximum atomic E-state index is 13.2. The Labute approximate surface area is 186 Å². The van der Waals surface area contributed by atoms with E-state index in [0.717, 1.165) is 35.2 Å². The number of hydrogen-bond acceptors (Lipinski definition) is 5. The van der Waals surface area contributed by atoms with Gasteiger partial charge in [0.2, 0.25) is 0 Å². The van der Waals surface area contributed by atoms with Gasteiger partial charge >= 0.3 is 0 Å². The Morgan fingerprint density at radius 3 is 2.74 bits per heavy atom. The summed E-state index contributed by atoms with van der Waals surface area (Å²) in [5, 5.41) is 4.75. The fourth-order valence-electron chi connectivity index (χ4n) is 3.98. The Morgan fingerprint density at radius 1 is 1.29 bits per heavy atom. The molecular weight excluding hydrogens is 408 g/mol. The maximum absolute atomic E-state index is 13.2. The molecule has 162 valence electrons. The minimum absolute atomic E-state index is 0.145. The summed E-state index contributed by atoms with van der Waals surface area (Å²) in [5.41, 5.74) is 5.68. The molecule has 1 aromatic carbocycles. The molecule has 0 saturated carbocycles. The predicted octanol–water partition coefficient (Wildman–Crippen LogP) is 4.42. The van der Waals surface area contributed by atoms with E-state index in [9.17, 15) is 9.59 Å². The second-order valence-electron chi connectivity index (χ2n) is 8.72. The second-order valence-corrected chi connectivity index (χ2v) is 9.80. The molecule has 1 amide bonds.